The summed E-state index contributed by atoms with van der Waals surface area (Å²) in [6.45, 7) is 2.00. The van der Waals surface area contributed by atoms with Gasteiger partial charge in [-0.25, -0.2) is 4.98 Å². The zero-order valence-electron chi connectivity index (χ0n) is 12.6. The Hall–Kier alpha value is -2.53. The number of anilines is 1. The SMILES string of the molecule is Cc1ccc(N2C(=N)C(c3nc4ccccc4s3)CC2=O)cc1. The second-order valence-corrected chi connectivity index (χ2v) is 6.79. The molecule has 0 aliphatic carbocycles. The van der Waals surface area contributed by atoms with E-state index in [9.17, 15) is 4.79 Å². The number of thiazole rings is 1. The molecule has 4 nitrogen and oxygen atoms in total. The summed E-state index contributed by atoms with van der Waals surface area (Å²) in [5.74, 6) is 0.0298. The van der Waals surface area contributed by atoms with Gasteiger partial charge in [0.25, 0.3) is 0 Å². The predicted octanol–water partition coefficient (Wildman–Crippen LogP) is 4.10. The number of aromatic nitrogens is 1. The van der Waals surface area contributed by atoms with Crippen LogP contribution < -0.4 is 4.90 Å². The van der Waals surface area contributed by atoms with Gasteiger partial charge in [-0.1, -0.05) is 29.8 Å². The van der Waals surface area contributed by atoms with Gasteiger partial charge >= 0.3 is 0 Å². The average molecular weight is 321 g/mol. The summed E-state index contributed by atoms with van der Waals surface area (Å²) in [5.41, 5.74) is 2.82. The minimum Gasteiger partial charge on any atom is -0.287 e. The van der Waals surface area contributed by atoms with Gasteiger partial charge in [0.05, 0.1) is 21.8 Å². The number of carbonyl (C=O) groups is 1. The minimum absolute atomic E-state index is 0.0388. The van der Waals surface area contributed by atoms with E-state index >= 15 is 0 Å². The highest BCUT2D eigenvalue weighted by Crippen LogP contribution is 2.36. The van der Waals surface area contributed by atoms with Gasteiger partial charge in [-0.3, -0.25) is 15.1 Å². The Morgan fingerprint density at radius 1 is 1.17 bits per heavy atom. The van der Waals surface area contributed by atoms with E-state index in [1.165, 1.54) is 4.90 Å². The molecule has 4 rings (SSSR count). The summed E-state index contributed by atoms with van der Waals surface area (Å²) < 4.78 is 1.09. The Bertz CT molecular complexity index is 880. The molecule has 1 aromatic heterocycles. The van der Waals surface area contributed by atoms with Crippen LogP contribution in [0.3, 0.4) is 0 Å². The molecular formula is C18H15N3OS. The molecular weight excluding hydrogens is 306 g/mol. The largest absolute Gasteiger partial charge is 0.287 e. The van der Waals surface area contributed by atoms with Gasteiger partial charge < -0.3 is 0 Å². The van der Waals surface area contributed by atoms with E-state index < -0.39 is 0 Å². The minimum atomic E-state index is -0.249. The van der Waals surface area contributed by atoms with Crippen molar-refractivity contribution >= 4 is 39.0 Å². The van der Waals surface area contributed by atoms with Crippen molar-refractivity contribution in [2.24, 2.45) is 0 Å². The quantitative estimate of drug-likeness (QED) is 0.772. The van der Waals surface area contributed by atoms with Gasteiger partial charge in [0, 0.05) is 6.42 Å². The maximum Gasteiger partial charge on any atom is 0.233 e. The second-order valence-electron chi connectivity index (χ2n) is 5.73. The first-order chi connectivity index (χ1) is 11.1. The van der Waals surface area contributed by atoms with Crippen LogP contribution in [0.1, 0.15) is 22.9 Å². The van der Waals surface area contributed by atoms with Crippen molar-refractivity contribution in [2.45, 2.75) is 19.3 Å². The van der Waals surface area contributed by atoms with Crippen molar-refractivity contribution in [1.82, 2.24) is 4.98 Å². The van der Waals surface area contributed by atoms with Crippen molar-refractivity contribution in [2.75, 3.05) is 4.90 Å². The molecule has 0 saturated carbocycles. The lowest BCUT2D eigenvalue weighted by molar-refractivity contribution is -0.116. The lowest BCUT2D eigenvalue weighted by Gasteiger charge is -2.17. The monoisotopic (exact) mass is 321 g/mol. The molecule has 23 heavy (non-hydrogen) atoms. The van der Waals surface area contributed by atoms with Gasteiger partial charge in [0.15, 0.2) is 0 Å². The first-order valence-corrected chi connectivity index (χ1v) is 8.28. The summed E-state index contributed by atoms with van der Waals surface area (Å²) in [4.78, 5) is 18.6. The summed E-state index contributed by atoms with van der Waals surface area (Å²) >= 11 is 1.57. The number of carbonyl (C=O) groups excluding carboxylic acids is 1. The fraction of sp³-hybridized carbons (Fsp3) is 0.167. The van der Waals surface area contributed by atoms with Crippen LogP contribution in [-0.4, -0.2) is 16.7 Å². The van der Waals surface area contributed by atoms with Gasteiger partial charge in [-0.2, -0.15) is 0 Å². The topological polar surface area (TPSA) is 57.1 Å². The van der Waals surface area contributed by atoms with E-state index in [2.05, 4.69) is 4.98 Å². The van der Waals surface area contributed by atoms with Crippen LogP contribution in [0.5, 0.6) is 0 Å². The number of amides is 1. The third-order valence-corrected chi connectivity index (χ3v) is 5.25. The first kappa shape index (κ1) is 14.1. The molecule has 0 radical (unpaired) electrons. The van der Waals surface area contributed by atoms with E-state index in [0.717, 1.165) is 26.5 Å². The van der Waals surface area contributed by atoms with Gasteiger partial charge in [0.1, 0.15) is 10.8 Å². The first-order valence-electron chi connectivity index (χ1n) is 7.47. The molecule has 0 spiro atoms. The molecule has 1 atom stereocenters. The van der Waals surface area contributed by atoms with Crippen molar-refractivity contribution in [3.8, 4) is 0 Å². The van der Waals surface area contributed by atoms with Crippen molar-refractivity contribution in [1.29, 1.82) is 5.41 Å². The zero-order chi connectivity index (χ0) is 16.0. The molecule has 1 unspecified atom stereocenters. The lowest BCUT2D eigenvalue weighted by Crippen LogP contribution is -2.29. The van der Waals surface area contributed by atoms with Gasteiger partial charge in [-0.15, -0.1) is 11.3 Å². The van der Waals surface area contributed by atoms with Crippen molar-refractivity contribution in [3.05, 3.63) is 59.1 Å². The molecule has 1 aliphatic heterocycles. The van der Waals surface area contributed by atoms with E-state index in [4.69, 9.17) is 5.41 Å². The standard InChI is InChI=1S/C18H15N3OS/c1-11-6-8-12(9-7-11)21-16(22)10-13(17(21)19)18-20-14-4-2-3-5-15(14)23-18/h2-9,13,19H,10H2,1H3. The number of nitrogens with zero attached hydrogens (tertiary/aromatic N) is 2. The molecule has 2 heterocycles. The zero-order valence-corrected chi connectivity index (χ0v) is 13.4. The van der Waals surface area contributed by atoms with Crippen LogP contribution in [0.2, 0.25) is 0 Å². The number of aryl methyl sites for hydroxylation is 1. The number of hydrogen-bond donors (Lipinski definition) is 1. The Morgan fingerprint density at radius 2 is 1.91 bits per heavy atom. The van der Waals surface area contributed by atoms with E-state index in [-0.39, 0.29) is 11.8 Å². The maximum atomic E-state index is 12.4. The summed E-state index contributed by atoms with van der Waals surface area (Å²) in [5, 5.41) is 9.31. The number of benzene rings is 2. The van der Waals surface area contributed by atoms with Crippen LogP contribution in [0, 0.1) is 12.3 Å². The van der Waals surface area contributed by atoms with Crippen LogP contribution in [0.25, 0.3) is 10.2 Å². The van der Waals surface area contributed by atoms with Crippen molar-refractivity contribution in [3.63, 3.8) is 0 Å². The highest BCUT2D eigenvalue weighted by atomic mass is 32.1. The van der Waals surface area contributed by atoms with Crippen LogP contribution in [-0.2, 0) is 4.79 Å². The number of rotatable bonds is 2. The fourth-order valence-electron chi connectivity index (χ4n) is 2.87. The molecule has 1 N–H and O–H groups in total. The highest BCUT2D eigenvalue weighted by molar-refractivity contribution is 7.18. The van der Waals surface area contributed by atoms with Gasteiger partial charge in [-0.05, 0) is 31.2 Å². The normalized spacial score (nSPS) is 18.1. The Kier molecular flexibility index (Phi) is 3.23. The van der Waals surface area contributed by atoms with E-state index in [0.29, 0.717) is 12.3 Å². The number of nitrogens with one attached hydrogen (secondary N) is 1. The van der Waals surface area contributed by atoms with Gasteiger partial charge in [0.2, 0.25) is 5.91 Å². The second kappa shape index (κ2) is 5.28. The predicted molar refractivity (Wildman–Crippen MR) is 93.4 cm³/mol. The van der Waals surface area contributed by atoms with E-state index in [1.54, 1.807) is 11.3 Å². The smallest absolute Gasteiger partial charge is 0.233 e. The summed E-state index contributed by atoms with van der Waals surface area (Å²) in [7, 11) is 0. The number of fused-ring (bicyclic) bond motifs is 1. The van der Waals surface area contributed by atoms with Crippen LogP contribution in [0.15, 0.2) is 48.5 Å². The Balaban J connectivity index is 1.70. The third-order valence-electron chi connectivity index (χ3n) is 4.10. The average Bonchev–Trinajstić information content (AvgIpc) is 3.09. The van der Waals surface area contributed by atoms with E-state index in [1.807, 2.05) is 55.5 Å². The molecule has 114 valence electrons. The molecule has 0 bridgehead atoms. The number of para-hydroxylation sites is 1. The molecule has 3 aromatic rings. The third kappa shape index (κ3) is 2.33. The summed E-state index contributed by atoms with van der Waals surface area (Å²) in [6.07, 6.45) is 0.312. The number of hydrogen-bond acceptors (Lipinski definition) is 4. The highest BCUT2D eigenvalue weighted by Gasteiger charge is 2.39. The Morgan fingerprint density at radius 3 is 2.65 bits per heavy atom. The number of amidine groups is 1. The molecule has 5 heteroatoms. The van der Waals surface area contributed by atoms with Crippen LogP contribution >= 0.6 is 11.3 Å². The lowest BCUT2D eigenvalue weighted by atomic mass is 10.1. The Labute approximate surface area is 137 Å². The summed E-state index contributed by atoms with van der Waals surface area (Å²) in [6, 6.07) is 15.6. The molecule has 1 aliphatic rings. The maximum absolute atomic E-state index is 12.4. The molecule has 1 fully saturated rings. The molecule has 1 amide bonds. The van der Waals surface area contributed by atoms with Crippen molar-refractivity contribution < 1.29 is 4.79 Å². The fourth-order valence-corrected chi connectivity index (χ4v) is 3.94. The van der Waals surface area contributed by atoms with Crippen LogP contribution in [0.4, 0.5) is 5.69 Å². The molecule has 1 saturated heterocycles. The molecule has 2 aromatic carbocycles.